The van der Waals surface area contributed by atoms with Crippen molar-refractivity contribution in [1.29, 1.82) is 0 Å². The van der Waals surface area contributed by atoms with Gasteiger partial charge in [-0.15, -0.1) is 0 Å². The van der Waals surface area contributed by atoms with Gasteiger partial charge in [0.1, 0.15) is 24.6 Å². The van der Waals surface area contributed by atoms with E-state index in [1.54, 1.807) is 0 Å². The summed E-state index contributed by atoms with van der Waals surface area (Å²) in [6, 6.07) is 6.93. The molecule has 6 aromatic rings. The van der Waals surface area contributed by atoms with E-state index in [-0.39, 0.29) is 86.5 Å². The molecule has 2 aromatic carbocycles. The zero-order chi connectivity index (χ0) is 46.6. The summed E-state index contributed by atoms with van der Waals surface area (Å²) in [6.45, 7) is -0.789. The van der Waals surface area contributed by atoms with Crippen LogP contribution in [0.3, 0.4) is 0 Å². The van der Waals surface area contributed by atoms with E-state index in [4.69, 9.17) is 19.0 Å². The smallest absolute Gasteiger partial charge is 0.461 e. The van der Waals surface area contributed by atoms with Crippen molar-refractivity contribution in [2.75, 3.05) is 13.2 Å². The van der Waals surface area contributed by atoms with Gasteiger partial charge in [-0.3, -0.25) is 0 Å². The molecule has 2 N–H and O–H groups in total. The SMILES string of the molecule is OCC[n+]1ccc(-c2nc(-c3ccc(C(c4ccc(-c5nc(-c6cc[n+](CCO)cc6)c(C(F)(F)C(F)(F)F)o5)cc4)(C(F)(F)F)C(F)(F)F)cc3)oc2C(F)(F)C(F)(F)F)cc1.[Cl-].[Cl-]. The van der Waals surface area contributed by atoms with Crippen LogP contribution >= 0.6 is 0 Å². The molecule has 0 spiro atoms. The standard InChI is InChI=1S/C39H26F16N4O4.2ClH/c40-34(41,38(50,51)52)29-27(21-9-13-58(14-10-21)17-19-60)56-31(62-29)23-1-5-25(6-2-23)33(36(44,45)46,37(47,48)49)26-7-3-24(4-8-26)32-57-28(22-11-15-59(16-12-22)18-20-61)30(63-32)35(42,43)39(53,54)55;;/h1-16,60-61H,17-20H2;2*1H/q+2;;/p-2. The first kappa shape index (κ1) is 52.2. The number of hydrogen-bond acceptors (Lipinski definition) is 6. The second kappa shape index (κ2) is 18.4. The van der Waals surface area contributed by atoms with Gasteiger partial charge in [-0.25, -0.2) is 19.1 Å². The normalized spacial score (nSPS) is 13.1. The van der Waals surface area contributed by atoms with E-state index in [1.807, 2.05) is 0 Å². The lowest BCUT2D eigenvalue weighted by Gasteiger charge is -2.38. The Balaban J connectivity index is 0.00000462. The summed E-state index contributed by atoms with van der Waals surface area (Å²) in [4.78, 5) is 7.35. The molecule has 0 aliphatic heterocycles. The van der Waals surface area contributed by atoms with Gasteiger partial charge in [-0.1, -0.05) is 24.3 Å². The largest absolute Gasteiger partial charge is 1.00 e. The van der Waals surface area contributed by atoms with Gasteiger partial charge in [0.2, 0.25) is 28.7 Å². The molecule has 0 aliphatic rings. The highest BCUT2D eigenvalue weighted by atomic mass is 35.5. The molecule has 8 nitrogen and oxygen atoms in total. The Labute approximate surface area is 366 Å². The van der Waals surface area contributed by atoms with Gasteiger partial charge in [-0.2, -0.15) is 70.2 Å². The molecule has 65 heavy (non-hydrogen) atoms. The molecule has 0 bridgehead atoms. The number of rotatable bonds is 12. The summed E-state index contributed by atoms with van der Waals surface area (Å²) in [5.41, 5.74) is -12.4. The molecule has 6 rings (SSSR count). The maximum absolute atomic E-state index is 15.0. The number of pyridine rings is 2. The summed E-state index contributed by atoms with van der Waals surface area (Å²) in [7, 11) is 0. The summed E-state index contributed by atoms with van der Waals surface area (Å²) in [5, 5.41) is 18.2. The maximum atomic E-state index is 15.0. The van der Waals surface area contributed by atoms with Crippen LogP contribution < -0.4 is 33.9 Å². The second-order valence-corrected chi connectivity index (χ2v) is 13.5. The maximum Gasteiger partial charge on any atom is 0.461 e. The quantitative estimate of drug-likeness (QED) is 0.144. The molecule has 352 valence electrons. The lowest BCUT2D eigenvalue weighted by molar-refractivity contribution is -0.698. The molecule has 4 heterocycles. The lowest BCUT2D eigenvalue weighted by atomic mass is 9.72. The minimum Gasteiger partial charge on any atom is -1.00 e. The molecule has 0 unspecified atom stereocenters. The Morgan fingerprint density at radius 1 is 0.415 bits per heavy atom. The minimum absolute atomic E-state index is 0. The molecule has 0 fully saturated rings. The fourth-order valence-electron chi connectivity index (χ4n) is 6.43. The fourth-order valence-corrected chi connectivity index (χ4v) is 6.43. The van der Waals surface area contributed by atoms with Crippen LogP contribution in [0, 0.1) is 0 Å². The van der Waals surface area contributed by atoms with Crippen molar-refractivity contribution in [3.8, 4) is 45.4 Å². The average molecular weight is 990 g/mol. The zero-order valence-corrected chi connectivity index (χ0v) is 33.4. The number of aliphatic hydroxyl groups excluding tert-OH is 2. The summed E-state index contributed by atoms with van der Waals surface area (Å²) in [5.74, 6) is -17.7. The van der Waals surface area contributed by atoms with E-state index in [2.05, 4.69) is 9.97 Å². The average Bonchev–Trinajstić information content (AvgIpc) is 3.85. The van der Waals surface area contributed by atoms with E-state index in [0.717, 1.165) is 24.3 Å². The molecule has 26 heteroatoms. The van der Waals surface area contributed by atoms with Gasteiger partial charge in [0.25, 0.3) is 0 Å². The van der Waals surface area contributed by atoms with Crippen LogP contribution in [0.5, 0.6) is 0 Å². The summed E-state index contributed by atoms with van der Waals surface area (Å²) >= 11 is 0. The van der Waals surface area contributed by atoms with Crippen LogP contribution in [0.25, 0.3) is 45.4 Å². The Morgan fingerprint density at radius 3 is 0.954 bits per heavy atom. The van der Waals surface area contributed by atoms with Gasteiger partial charge in [-0.05, 0) is 35.4 Å². The highest BCUT2D eigenvalue weighted by Gasteiger charge is 2.72. The predicted molar refractivity (Wildman–Crippen MR) is 182 cm³/mol. The van der Waals surface area contributed by atoms with Crippen LogP contribution in [0.2, 0.25) is 0 Å². The van der Waals surface area contributed by atoms with Crippen molar-refractivity contribution in [2.24, 2.45) is 0 Å². The molecule has 0 radical (unpaired) electrons. The van der Waals surface area contributed by atoms with Crippen LogP contribution in [-0.4, -0.2) is 58.1 Å². The molecule has 0 aliphatic carbocycles. The van der Waals surface area contributed by atoms with E-state index in [0.29, 0.717) is 24.3 Å². The molecule has 0 amide bonds. The number of benzene rings is 2. The molecule has 0 saturated carbocycles. The third-order valence-corrected chi connectivity index (χ3v) is 9.56. The van der Waals surface area contributed by atoms with Crippen molar-refractivity contribution in [3.63, 3.8) is 0 Å². The van der Waals surface area contributed by atoms with E-state index >= 15 is 26.3 Å². The molecule has 0 saturated heterocycles. The Morgan fingerprint density at radius 2 is 0.708 bits per heavy atom. The van der Waals surface area contributed by atoms with Crippen molar-refractivity contribution in [1.82, 2.24) is 9.97 Å². The van der Waals surface area contributed by atoms with Crippen molar-refractivity contribution in [2.45, 2.75) is 55.1 Å². The lowest BCUT2D eigenvalue weighted by Crippen LogP contribution is -3.00. The monoisotopic (exact) mass is 988 g/mol. The number of oxazole rings is 2. The van der Waals surface area contributed by atoms with Crippen LogP contribution in [0.4, 0.5) is 70.2 Å². The molecular formula is C39H26Cl2F16N4O4. The van der Waals surface area contributed by atoms with Crippen molar-refractivity contribution >= 4 is 0 Å². The molecule has 4 aromatic heterocycles. The number of halogens is 18. The van der Waals surface area contributed by atoms with E-state index in [1.165, 1.54) is 33.9 Å². The number of alkyl halides is 16. The van der Waals surface area contributed by atoms with Gasteiger partial charge >= 0.3 is 36.6 Å². The van der Waals surface area contributed by atoms with Gasteiger partial charge in [0, 0.05) is 46.5 Å². The van der Waals surface area contributed by atoms with Gasteiger partial charge in [0.05, 0.1) is 0 Å². The van der Waals surface area contributed by atoms with Crippen molar-refractivity contribution < 1.29 is 123 Å². The van der Waals surface area contributed by atoms with Gasteiger partial charge < -0.3 is 43.9 Å². The number of aromatic nitrogens is 4. The number of aliphatic hydroxyl groups is 2. The predicted octanol–water partition coefficient (Wildman–Crippen LogP) is 3.62. The zero-order valence-electron chi connectivity index (χ0n) is 31.9. The molecular weight excluding hydrogens is 963 g/mol. The van der Waals surface area contributed by atoms with Crippen molar-refractivity contribution in [3.05, 3.63) is 120 Å². The summed E-state index contributed by atoms with van der Waals surface area (Å²) < 4.78 is 242. The highest BCUT2D eigenvalue weighted by molar-refractivity contribution is 5.68. The third-order valence-electron chi connectivity index (χ3n) is 9.56. The molecule has 0 atom stereocenters. The number of nitrogens with zero attached hydrogens (tertiary/aromatic N) is 4. The highest BCUT2D eigenvalue weighted by Crippen LogP contribution is 2.57. The van der Waals surface area contributed by atoms with Crippen LogP contribution in [0.1, 0.15) is 22.6 Å². The van der Waals surface area contributed by atoms with E-state index in [9.17, 15) is 43.9 Å². The number of hydrogen-bond donors (Lipinski definition) is 2. The second-order valence-electron chi connectivity index (χ2n) is 13.5. The topological polar surface area (TPSA) is 100 Å². The Hall–Kier alpha value is -5.46. The minimum atomic E-state index is -6.27. The Kier molecular flexibility index (Phi) is 14.8. The summed E-state index contributed by atoms with van der Waals surface area (Å²) in [6.07, 6.45) is -20.4. The van der Waals surface area contributed by atoms with E-state index < -0.39 is 98.9 Å². The first-order valence-electron chi connectivity index (χ1n) is 17.7. The third kappa shape index (κ3) is 9.47. The first-order valence-corrected chi connectivity index (χ1v) is 17.7. The van der Waals surface area contributed by atoms with Gasteiger partial charge in [0.15, 0.2) is 37.9 Å². The Bertz CT molecular complexity index is 2360. The first-order chi connectivity index (χ1) is 29.2. The van der Waals surface area contributed by atoms with Crippen LogP contribution in [-0.2, 0) is 30.3 Å². The fraction of sp³-hybridized carbons (Fsp3) is 0.282. The van der Waals surface area contributed by atoms with Crippen LogP contribution in [0.15, 0.2) is 106 Å².